The van der Waals surface area contributed by atoms with Gasteiger partial charge in [0.15, 0.2) is 5.17 Å². The number of carbonyl (C=O) groups is 2. The Morgan fingerprint density at radius 1 is 1.67 bits per heavy atom. The molecule has 1 fully saturated rings. The molecule has 100 valence electrons. The second-order valence-electron chi connectivity index (χ2n) is 4.26. The van der Waals surface area contributed by atoms with E-state index in [9.17, 15) is 9.59 Å². The number of nitrogens with one attached hydrogen (secondary N) is 1. The molecule has 1 unspecified atom stereocenters. The number of hydrogen-bond acceptors (Lipinski definition) is 5. The zero-order chi connectivity index (χ0) is 13.0. The molecule has 2 amide bonds. The summed E-state index contributed by atoms with van der Waals surface area (Å²) in [6, 6.07) is 0. The van der Waals surface area contributed by atoms with Crippen LogP contribution in [0.1, 0.15) is 6.42 Å². The van der Waals surface area contributed by atoms with Crippen LogP contribution < -0.4 is 5.32 Å². The number of rotatable bonds is 4. The molecule has 2 aliphatic rings. The Hall–Kier alpha value is -1.08. The molecule has 2 aliphatic heterocycles. The van der Waals surface area contributed by atoms with Crippen LogP contribution in [0, 0.1) is 5.92 Å². The highest BCUT2D eigenvalue weighted by Crippen LogP contribution is 2.18. The van der Waals surface area contributed by atoms with Gasteiger partial charge in [0, 0.05) is 32.4 Å². The van der Waals surface area contributed by atoms with Crippen LogP contribution in [0.25, 0.3) is 0 Å². The highest BCUT2D eigenvalue weighted by molar-refractivity contribution is 8.14. The maximum absolute atomic E-state index is 12.0. The minimum atomic E-state index is -0.266. The molecular weight excluding hydrogens is 254 g/mol. The maximum Gasteiger partial charge on any atom is 0.231 e. The van der Waals surface area contributed by atoms with Crippen LogP contribution in [0.3, 0.4) is 0 Å². The number of likely N-dealkylation sites (tertiary alicyclic amines) is 1. The normalized spacial score (nSPS) is 23.4. The first-order valence-corrected chi connectivity index (χ1v) is 6.94. The molecule has 6 nitrogen and oxygen atoms in total. The Bertz CT molecular complexity index is 373. The van der Waals surface area contributed by atoms with Crippen molar-refractivity contribution in [2.75, 3.05) is 39.1 Å². The van der Waals surface area contributed by atoms with Crippen LogP contribution in [0.15, 0.2) is 4.99 Å². The molecule has 2 heterocycles. The third-order valence-corrected chi connectivity index (χ3v) is 3.86. The summed E-state index contributed by atoms with van der Waals surface area (Å²) in [7, 11) is 1.60. The van der Waals surface area contributed by atoms with E-state index in [1.54, 1.807) is 23.8 Å². The highest BCUT2D eigenvalue weighted by Gasteiger charge is 2.34. The van der Waals surface area contributed by atoms with E-state index in [0.29, 0.717) is 24.9 Å². The van der Waals surface area contributed by atoms with Crippen LogP contribution in [0.2, 0.25) is 0 Å². The van der Waals surface area contributed by atoms with E-state index >= 15 is 0 Å². The number of aliphatic imine (C=N–C) groups is 1. The number of ether oxygens (including phenoxy) is 1. The fourth-order valence-electron chi connectivity index (χ4n) is 1.98. The van der Waals surface area contributed by atoms with Crippen molar-refractivity contribution in [1.29, 1.82) is 0 Å². The molecule has 1 saturated heterocycles. The maximum atomic E-state index is 12.0. The lowest BCUT2D eigenvalue weighted by molar-refractivity contribution is -0.129. The minimum Gasteiger partial charge on any atom is -0.383 e. The lowest BCUT2D eigenvalue weighted by Gasteiger charge is -2.15. The third kappa shape index (κ3) is 3.23. The topological polar surface area (TPSA) is 71.0 Å². The standard InChI is InChI=1S/C11H17N3O3S/c1-17-4-3-14-7-8(6-9(14)15)10(16)13-11-12-2-5-18-11/h8H,2-7H2,1H3,(H,12,13,16). The summed E-state index contributed by atoms with van der Waals surface area (Å²) in [5, 5.41) is 3.47. The molecule has 0 aliphatic carbocycles. The van der Waals surface area contributed by atoms with Crippen LogP contribution in [0.4, 0.5) is 0 Å². The van der Waals surface area contributed by atoms with Gasteiger partial charge < -0.3 is 15.0 Å². The van der Waals surface area contributed by atoms with Gasteiger partial charge in [0.25, 0.3) is 0 Å². The highest BCUT2D eigenvalue weighted by atomic mass is 32.2. The summed E-state index contributed by atoms with van der Waals surface area (Å²) in [6.07, 6.45) is 0.285. The number of methoxy groups -OCH3 is 1. The number of hydrogen-bond donors (Lipinski definition) is 1. The van der Waals surface area contributed by atoms with Gasteiger partial charge in [-0.2, -0.15) is 0 Å². The van der Waals surface area contributed by atoms with E-state index in [1.807, 2.05) is 0 Å². The minimum absolute atomic E-state index is 0.0215. The van der Waals surface area contributed by atoms with Crippen molar-refractivity contribution in [1.82, 2.24) is 10.2 Å². The quantitative estimate of drug-likeness (QED) is 0.762. The van der Waals surface area contributed by atoms with Crippen molar-refractivity contribution in [3.8, 4) is 0 Å². The van der Waals surface area contributed by atoms with Gasteiger partial charge in [-0.15, -0.1) is 0 Å². The molecule has 2 rings (SSSR count). The lowest BCUT2D eigenvalue weighted by Crippen LogP contribution is -2.35. The molecule has 7 heteroatoms. The Kier molecular flexibility index (Phi) is 4.60. The summed E-state index contributed by atoms with van der Waals surface area (Å²) < 4.78 is 4.94. The Morgan fingerprint density at radius 3 is 3.17 bits per heavy atom. The van der Waals surface area contributed by atoms with E-state index in [-0.39, 0.29) is 24.2 Å². The van der Waals surface area contributed by atoms with Crippen molar-refractivity contribution in [3.05, 3.63) is 0 Å². The summed E-state index contributed by atoms with van der Waals surface area (Å²) in [5.74, 6) is 0.571. The van der Waals surface area contributed by atoms with Crippen molar-refractivity contribution in [2.24, 2.45) is 10.9 Å². The fourth-order valence-corrected chi connectivity index (χ4v) is 2.71. The van der Waals surface area contributed by atoms with Crippen LogP contribution in [-0.4, -0.2) is 61.0 Å². The zero-order valence-electron chi connectivity index (χ0n) is 10.3. The van der Waals surface area contributed by atoms with Crippen LogP contribution in [0.5, 0.6) is 0 Å². The largest absolute Gasteiger partial charge is 0.383 e. The van der Waals surface area contributed by atoms with E-state index in [4.69, 9.17) is 4.74 Å². The molecule has 0 saturated carbocycles. The van der Waals surface area contributed by atoms with Crippen LogP contribution in [-0.2, 0) is 14.3 Å². The van der Waals surface area contributed by atoms with Crippen LogP contribution >= 0.6 is 11.8 Å². The third-order valence-electron chi connectivity index (χ3n) is 2.97. The van der Waals surface area contributed by atoms with E-state index in [0.717, 1.165) is 12.3 Å². The number of amides is 2. The lowest BCUT2D eigenvalue weighted by atomic mass is 10.1. The van der Waals surface area contributed by atoms with Crippen molar-refractivity contribution >= 4 is 28.7 Å². The van der Waals surface area contributed by atoms with E-state index in [2.05, 4.69) is 10.3 Å². The second-order valence-corrected chi connectivity index (χ2v) is 5.34. The van der Waals surface area contributed by atoms with Gasteiger partial charge in [-0.3, -0.25) is 14.6 Å². The Labute approximate surface area is 110 Å². The van der Waals surface area contributed by atoms with Crippen molar-refractivity contribution < 1.29 is 14.3 Å². The first-order chi connectivity index (χ1) is 8.70. The van der Waals surface area contributed by atoms with Gasteiger partial charge in [0.2, 0.25) is 11.8 Å². The molecule has 0 aromatic heterocycles. The van der Waals surface area contributed by atoms with Gasteiger partial charge >= 0.3 is 0 Å². The van der Waals surface area contributed by atoms with Gasteiger partial charge in [0.1, 0.15) is 0 Å². The smallest absolute Gasteiger partial charge is 0.231 e. The molecule has 18 heavy (non-hydrogen) atoms. The average molecular weight is 271 g/mol. The SMILES string of the molecule is COCCN1CC(C(=O)NC2=NCCS2)CC1=O. The van der Waals surface area contributed by atoms with E-state index < -0.39 is 0 Å². The van der Waals surface area contributed by atoms with Gasteiger partial charge in [-0.05, 0) is 0 Å². The fraction of sp³-hybridized carbons (Fsp3) is 0.727. The summed E-state index contributed by atoms with van der Waals surface area (Å²) >= 11 is 1.54. The summed E-state index contributed by atoms with van der Waals surface area (Å²) in [6.45, 7) is 2.28. The summed E-state index contributed by atoms with van der Waals surface area (Å²) in [4.78, 5) is 29.5. The monoisotopic (exact) mass is 271 g/mol. The molecule has 0 aromatic carbocycles. The predicted octanol–water partition coefficient (Wildman–Crippen LogP) is -0.300. The molecule has 0 radical (unpaired) electrons. The van der Waals surface area contributed by atoms with E-state index in [1.165, 1.54) is 0 Å². The molecule has 0 aromatic rings. The van der Waals surface area contributed by atoms with Gasteiger partial charge in [0.05, 0.1) is 19.1 Å². The average Bonchev–Trinajstić information content (AvgIpc) is 2.96. The molecular formula is C11H17N3O3S. The first-order valence-electron chi connectivity index (χ1n) is 5.95. The zero-order valence-corrected chi connectivity index (χ0v) is 11.2. The molecule has 0 spiro atoms. The Morgan fingerprint density at radius 2 is 2.50 bits per heavy atom. The van der Waals surface area contributed by atoms with Gasteiger partial charge in [-0.25, -0.2) is 0 Å². The number of amidine groups is 1. The van der Waals surface area contributed by atoms with Crippen molar-refractivity contribution in [2.45, 2.75) is 6.42 Å². The Balaban J connectivity index is 1.83. The second kappa shape index (κ2) is 6.19. The van der Waals surface area contributed by atoms with Crippen molar-refractivity contribution in [3.63, 3.8) is 0 Å². The van der Waals surface area contributed by atoms with Gasteiger partial charge in [-0.1, -0.05) is 11.8 Å². The molecule has 1 atom stereocenters. The molecule has 0 bridgehead atoms. The number of carbonyl (C=O) groups excluding carboxylic acids is 2. The number of thioether (sulfide) groups is 1. The summed E-state index contributed by atoms with van der Waals surface area (Å²) in [5.41, 5.74) is 0. The molecule has 1 N–H and O–H groups in total. The number of nitrogens with zero attached hydrogens (tertiary/aromatic N) is 2. The first kappa shape index (κ1) is 13.4. The predicted molar refractivity (Wildman–Crippen MR) is 69.5 cm³/mol.